The van der Waals surface area contributed by atoms with Gasteiger partial charge in [-0.2, -0.15) is 0 Å². The minimum absolute atomic E-state index is 0.235. The van der Waals surface area contributed by atoms with Gasteiger partial charge in [0.15, 0.2) is 0 Å². The third kappa shape index (κ3) is 33.3. The molecule has 0 spiro atoms. The van der Waals surface area contributed by atoms with Crippen molar-refractivity contribution in [2.24, 2.45) is 0 Å². The first-order valence-electron chi connectivity index (χ1n) is 16.0. The number of carbonyl (C=O) groups is 2. The van der Waals surface area contributed by atoms with Crippen LogP contribution in [0.4, 0.5) is 4.79 Å². The molecule has 0 bridgehead atoms. The number of esters is 1. The van der Waals surface area contributed by atoms with E-state index in [0.717, 1.165) is 5.56 Å². The molecule has 0 radical (unpaired) electrons. The summed E-state index contributed by atoms with van der Waals surface area (Å²) in [6, 6.07) is 9.49. The lowest BCUT2D eigenvalue weighted by atomic mass is 10.2. The van der Waals surface area contributed by atoms with Gasteiger partial charge < -0.3 is 62.2 Å². The summed E-state index contributed by atoms with van der Waals surface area (Å²) in [5.41, 5.74) is 0.935. The fraction of sp³-hybridized carbons (Fsp3) is 0.750. The largest absolute Gasteiger partial charge is 0.463 e. The van der Waals surface area contributed by atoms with Crippen LogP contribution in [-0.4, -0.2) is 157 Å². The number of alkyl carbamates (subject to hydrolysis) is 1. The fourth-order valence-electron chi connectivity index (χ4n) is 3.33. The molecule has 0 saturated carbocycles. The van der Waals surface area contributed by atoms with Crippen LogP contribution in [0.15, 0.2) is 30.3 Å². The SMILES string of the molecule is CC(=O)OCCOCCOCCOCCOCCOCCOCCOCCOCCOCCOCCNC(=O)OCc1ccccc1. The molecule has 0 aliphatic heterocycles. The first-order valence-corrected chi connectivity index (χ1v) is 16.0. The summed E-state index contributed by atoms with van der Waals surface area (Å²) in [5, 5.41) is 2.64. The van der Waals surface area contributed by atoms with E-state index in [2.05, 4.69) is 5.32 Å². The molecule has 1 N–H and O–H groups in total. The van der Waals surface area contributed by atoms with Crippen LogP contribution in [0.3, 0.4) is 0 Å². The lowest BCUT2D eigenvalue weighted by Crippen LogP contribution is -2.28. The Morgan fingerprint density at radius 2 is 0.766 bits per heavy atom. The van der Waals surface area contributed by atoms with E-state index in [-0.39, 0.29) is 19.2 Å². The molecular weight excluding hydrogens is 622 g/mol. The summed E-state index contributed by atoms with van der Waals surface area (Å²) >= 11 is 0. The molecule has 0 heterocycles. The second-order valence-corrected chi connectivity index (χ2v) is 9.45. The zero-order valence-corrected chi connectivity index (χ0v) is 27.9. The van der Waals surface area contributed by atoms with Crippen LogP contribution in [0, 0.1) is 0 Å². The summed E-state index contributed by atoms with van der Waals surface area (Å²) in [6.45, 7) is 11.4. The first-order chi connectivity index (χ1) is 23.2. The van der Waals surface area contributed by atoms with Gasteiger partial charge in [-0.1, -0.05) is 30.3 Å². The van der Waals surface area contributed by atoms with Crippen LogP contribution >= 0.6 is 0 Å². The standard InChI is InChI=1S/C32H55NO14/c1-30(34)46-28-27-45-26-25-44-24-23-43-22-21-42-20-19-41-18-17-40-16-15-39-14-13-38-12-11-37-10-9-36-8-7-33-32(35)47-29-31-5-3-2-4-6-31/h2-6H,7-29H2,1H3,(H,33,35). The van der Waals surface area contributed by atoms with Crippen molar-refractivity contribution in [3.8, 4) is 0 Å². The zero-order chi connectivity index (χ0) is 33.7. The maximum atomic E-state index is 11.6. The minimum Gasteiger partial charge on any atom is -0.463 e. The number of amides is 1. The minimum atomic E-state index is -0.472. The highest BCUT2D eigenvalue weighted by Crippen LogP contribution is 2.00. The van der Waals surface area contributed by atoms with Crippen molar-refractivity contribution in [3.05, 3.63) is 35.9 Å². The lowest BCUT2D eigenvalue weighted by molar-refractivity contribution is -0.142. The highest BCUT2D eigenvalue weighted by Gasteiger charge is 2.02. The van der Waals surface area contributed by atoms with E-state index in [4.69, 9.17) is 56.8 Å². The average molecular weight is 678 g/mol. The Morgan fingerprint density at radius 3 is 1.11 bits per heavy atom. The van der Waals surface area contributed by atoms with E-state index in [1.165, 1.54) is 6.92 Å². The number of hydrogen-bond acceptors (Lipinski definition) is 14. The van der Waals surface area contributed by atoms with Crippen molar-refractivity contribution in [2.45, 2.75) is 13.5 Å². The number of benzene rings is 1. The number of carbonyl (C=O) groups excluding carboxylic acids is 2. The van der Waals surface area contributed by atoms with Gasteiger partial charge in [-0.25, -0.2) is 4.79 Å². The number of hydrogen-bond donors (Lipinski definition) is 1. The van der Waals surface area contributed by atoms with Crippen molar-refractivity contribution in [1.82, 2.24) is 5.32 Å². The predicted octanol–water partition coefficient (Wildman–Crippen LogP) is 1.64. The smallest absolute Gasteiger partial charge is 0.407 e. The van der Waals surface area contributed by atoms with Gasteiger partial charge in [0, 0.05) is 13.5 Å². The Morgan fingerprint density at radius 1 is 0.447 bits per heavy atom. The number of ether oxygens (including phenoxy) is 12. The monoisotopic (exact) mass is 677 g/mol. The Balaban J connectivity index is 1.64. The topological polar surface area (TPSA) is 157 Å². The van der Waals surface area contributed by atoms with E-state index in [1.807, 2.05) is 30.3 Å². The van der Waals surface area contributed by atoms with Gasteiger partial charge in [0.25, 0.3) is 0 Å². The van der Waals surface area contributed by atoms with Crippen molar-refractivity contribution in [2.75, 3.05) is 145 Å². The molecule has 0 unspecified atom stereocenters. The molecular formula is C32H55NO14. The van der Waals surface area contributed by atoms with Crippen LogP contribution in [0.5, 0.6) is 0 Å². The molecule has 272 valence electrons. The van der Waals surface area contributed by atoms with E-state index in [0.29, 0.717) is 139 Å². The molecule has 15 nitrogen and oxygen atoms in total. The normalized spacial score (nSPS) is 11.1. The van der Waals surface area contributed by atoms with Crippen molar-refractivity contribution >= 4 is 12.1 Å². The van der Waals surface area contributed by atoms with Gasteiger partial charge in [0.2, 0.25) is 0 Å². The zero-order valence-electron chi connectivity index (χ0n) is 27.9. The Bertz CT molecular complexity index is 820. The average Bonchev–Trinajstić information content (AvgIpc) is 3.07. The summed E-state index contributed by atoms with van der Waals surface area (Å²) in [7, 11) is 0. The van der Waals surface area contributed by atoms with Gasteiger partial charge >= 0.3 is 12.1 Å². The van der Waals surface area contributed by atoms with Crippen LogP contribution in [0.1, 0.15) is 12.5 Å². The molecule has 0 atom stereocenters. The Hall–Kier alpha value is -2.44. The molecule has 0 saturated heterocycles. The van der Waals surface area contributed by atoms with Crippen molar-refractivity contribution in [3.63, 3.8) is 0 Å². The second-order valence-electron chi connectivity index (χ2n) is 9.45. The van der Waals surface area contributed by atoms with Crippen LogP contribution in [0.2, 0.25) is 0 Å². The molecule has 0 aliphatic rings. The first kappa shape index (κ1) is 42.6. The highest BCUT2D eigenvalue weighted by molar-refractivity contribution is 5.67. The third-order valence-corrected chi connectivity index (χ3v) is 5.61. The van der Waals surface area contributed by atoms with Gasteiger partial charge in [-0.3, -0.25) is 4.79 Å². The Labute approximate surface area is 278 Å². The molecule has 47 heavy (non-hydrogen) atoms. The second kappa shape index (κ2) is 34.9. The van der Waals surface area contributed by atoms with E-state index >= 15 is 0 Å². The van der Waals surface area contributed by atoms with Crippen molar-refractivity contribution < 1.29 is 66.4 Å². The molecule has 1 rings (SSSR count). The van der Waals surface area contributed by atoms with Crippen molar-refractivity contribution in [1.29, 1.82) is 0 Å². The lowest BCUT2D eigenvalue weighted by Gasteiger charge is -2.09. The predicted molar refractivity (Wildman–Crippen MR) is 169 cm³/mol. The van der Waals surface area contributed by atoms with Crippen LogP contribution < -0.4 is 5.32 Å². The summed E-state index contributed by atoms with van der Waals surface area (Å²) in [5.74, 6) is -0.315. The summed E-state index contributed by atoms with van der Waals surface area (Å²) in [4.78, 5) is 22.2. The molecule has 0 aromatic heterocycles. The molecule has 0 aliphatic carbocycles. The quantitative estimate of drug-likeness (QED) is 0.0817. The molecule has 0 fully saturated rings. The maximum Gasteiger partial charge on any atom is 0.407 e. The number of rotatable bonds is 35. The third-order valence-electron chi connectivity index (χ3n) is 5.61. The molecule has 1 aromatic carbocycles. The Kier molecular flexibility index (Phi) is 31.6. The summed E-state index contributed by atoms with van der Waals surface area (Å²) < 4.78 is 64.1. The molecule has 1 amide bonds. The van der Waals surface area contributed by atoms with Gasteiger partial charge in [-0.05, 0) is 5.56 Å². The van der Waals surface area contributed by atoms with Gasteiger partial charge in [0.1, 0.15) is 13.2 Å². The van der Waals surface area contributed by atoms with E-state index in [1.54, 1.807) is 0 Å². The van der Waals surface area contributed by atoms with Crippen LogP contribution in [-0.2, 0) is 68.2 Å². The molecule has 1 aromatic rings. The van der Waals surface area contributed by atoms with E-state index < -0.39 is 6.09 Å². The highest BCUT2D eigenvalue weighted by atomic mass is 16.6. The fourth-order valence-corrected chi connectivity index (χ4v) is 3.33. The van der Waals surface area contributed by atoms with Gasteiger partial charge in [-0.15, -0.1) is 0 Å². The van der Waals surface area contributed by atoms with Gasteiger partial charge in [0.05, 0.1) is 132 Å². The maximum absolute atomic E-state index is 11.6. The molecule has 15 heteroatoms. The van der Waals surface area contributed by atoms with E-state index in [9.17, 15) is 9.59 Å². The summed E-state index contributed by atoms with van der Waals surface area (Å²) in [6.07, 6.45) is -0.472. The number of nitrogens with one attached hydrogen (secondary N) is 1. The van der Waals surface area contributed by atoms with Crippen LogP contribution in [0.25, 0.3) is 0 Å².